The average Bonchev–Trinajstić information content (AvgIpc) is 2.39. The molecule has 0 fully saturated rings. The van der Waals surface area contributed by atoms with Crippen LogP contribution in [0.2, 0.25) is 0 Å². The van der Waals surface area contributed by atoms with Gasteiger partial charge in [-0.1, -0.05) is 42.5 Å². The molecule has 0 saturated carbocycles. The van der Waals surface area contributed by atoms with Crippen molar-refractivity contribution in [2.75, 3.05) is 5.73 Å². The summed E-state index contributed by atoms with van der Waals surface area (Å²) in [5, 5.41) is 2.33. The quantitative estimate of drug-likeness (QED) is 0.637. The van der Waals surface area contributed by atoms with E-state index in [4.69, 9.17) is 5.73 Å². The minimum Gasteiger partial charge on any atom is -0.398 e. The fourth-order valence-corrected chi connectivity index (χ4v) is 1.96. The van der Waals surface area contributed by atoms with E-state index in [0.717, 1.165) is 22.3 Å². The molecule has 0 atom stereocenters. The lowest BCUT2D eigenvalue weighted by molar-refractivity contribution is 1.36. The second-order valence-electron chi connectivity index (χ2n) is 4.00. The van der Waals surface area contributed by atoms with Crippen molar-refractivity contribution in [1.82, 2.24) is 4.98 Å². The largest absolute Gasteiger partial charge is 0.398 e. The number of benzene rings is 2. The molecular weight excluding hydrogens is 208 g/mol. The van der Waals surface area contributed by atoms with E-state index in [0.29, 0.717) is 0 Å². The van der Waals surface area contributed by atoms with E-state index in [1.165, 1.54) is 5.39 Å². The van der Waals surface area contributed by atoms with Gasteiger partial charge in [-0.25, -0.2) is 0 Å². The van der Waals surface area contributed by atoms with Crippen molar-refractivity contribution in [2.45, 2.75) is 0 Å². The second kappa shape index (κ2) is 3.91. The van der Waals surface area contributed by atoms with E-state index in [-0.39, 0.29) is 0 Å². The molecule has 0 unspecified atom stereocenters. The van der Waals surface area contributed by atoms with Crippen LogP contribution in [-0.4, -0.2) is 4.98 Å². The van der Waals surface area contributed by atoms with E-state index >= 15 is 0 Å². The van der Waals surface area contributed by atoms with Crippen molar-refractivity contribution >= 4 is 16.5 Å². The molecule has 0 aliphatic carbocycles. The van der Waals surface area contributed by atoms with Gasteiger partial charge in [-0.3, -0.25) is 4.98 Å². The van der Waals surface area contributed by atoms with E-state index in [9.17, 15) is 0 Å². The summed E-state index contributed by atoms with van der Waals surface area (Å²) in [4.78, 5) is 4.46. The van der Waals surface area contributed by atoms with Gasteiger partial charge in [-0.2, -0.15) is 0 Å². The molecule has 1 heterocycles. The van der Waals surface area contributed by atoms with Crippen molar-refractivity contribution in [2.24, 2.45) is 0 Å². The van der Waals surface area contributed by atoms with Gasteiger partial charge >= 0.3 is 0 Å². The average molecular weight is 220 g/mol. The van der Waals surface area contributed by atoms with Gasteiger partial charge < -0.3 is 5.73 Å². The number of nitrogens with two attached hydrogens (primary N) is 1. The zero-order valence-electron chi connectivity index (χ0n) is 9.30. The standard InChI is InChI=1S/C15H12N2/c16-14-8-4-3-7-13(14)15-9-11-5-1-2-6-12(11)10-17-15/h1-10H,16H2. The lowest BCUT2D eigenvalue weighted by Gasteiger charge is -2.05. The van der Waals surface area contributed by atoms with Crippen LogP contribution in [0.5, 0.6) is 0 Å². The van der Waals surface area contributed by atoms with Crippen molar-refractivity contribution in [3.05, 3.63) is 60.8 Å². The lowest BCUT2D eigenvalue weighted by atomic mass is 10.1. The van der Waals surface area contributed by atoms with Crippen molar-refractivity contribution in [3.63, 3.8) is 0 Å². The smallest absolute Gasteiger partial charge is 0.0729 e. The van der Waals surface area contributed by atoms with Crippen LogP contribution < -0.4 is 5.73 Å². The molecule has 2 nitrogen and oxygen atoms in total. The second-order valence-corrected chi connectivity index (χ2v) is 4.00. The van der Waals surface area contributed by atoms with Gasteiger partial charge in [0.1, 0.15) is 0 Å². The lowest BCUT2D eigenvalue weighted by Crippen LogP contribution is -1.91. The van der Waals surface area contributed by atoms with Gasteiger partial charge in [-0.15, -0.1) is 0 Å². The van der Waals surface area contributed by atoms with Crippen LogP contribution in [0.1, 0.15) is 0 Å². The molecule has 82 valence electrons. The summed E-state index contributed by atoms with van der Waals surface area (Å²) in [6, 6.07) is 18.0. The van der Waals surface area contributed by atoms with Crippen LogP contribution in [0.4, 0.5) is 5.69 Å². The number of nitrogen functional groups attached to an aromatic ring is 1. The minimum absolute atomic E-state index is 0.760. The van der Waals surface area contributed by atoms with Crippen LogP contribution in [0, 0.1) is 0 Å². The molecule has 1 aromatic heterocycles. The maximum atomic E-state index is 5.96. The number of para-hydroxylation sites is 1. The number of rotatable bonds is 1. The molecule has 2 N–H and O–H groups in total. The zero-order chi connectivity index (χ0) is 11.7. The van der Waals surface area contributed by atoms with Crippen molar-refractivity contribution < 1.29 is 0 Å². The number of pyridine rings is 1. The Morgan fingerprint density at radius 1 is 0.824 bits per heavy atom. The third-order valence-corrected chi connectivity index (χ3v) is 2.87. The highest BCUT2D eigenvalue weighted by atomic mass is 14.7. The Morgan fingerprint density at radius 2 is 1.53 bits per heavy atom. The fourth-order valence-electron chi connectivity index (χ4n) is 1.96. The summed E-state index contributed by atoms with van der Waals surface area (Å²) in [5.41, 5.74) is 8.62. The fraction of sp³-hybridized carbons (Fsp3) is 0. The number of hydrogen-bond donors (Lipinski definition) is 1. The molecule has 3 aromatic rings. The first-order valence-corrected chi connectivity index (χ1v) is 5.54. The highest BCUT2D eigenvalue weighted by Crippen LogP contribution is 2.26. The normalized spacial score (nSPS) is 10.6. The molecule has 2 heteroatoms. The van der Waals surface area contributed by atoms with Gasteiger partial charge in [0.15, 0.2) is 0 Å². The number of anilines is 1. The van der Waals surface area contributed by atoms with Crippen LogP contribution in [0.15, 0.2) is 60.8 Å². The molecule has 0 spiro atoms. The Labute approximate surface area is 99.7 Å². The predicted molar refractivity (Wildman–Crippen MR) is 71.6 cm³/mol. The Bertz CT molecular complexity index is 674. The van der Waals surface area contributed by atoms with Crippen molar-refractivity contribution in [3.8, 4) is 11.3 Å². The first kappa shape index (κ1) is 9.85. The zero-order valence-corrected chi connectivity index (χ0v) is 9.30. The third kappa shape index (κ3) is 1.74. The highest BCUT2D eigenvalue weighted by molar-refractivity contribution is 5.86. The molecule has 17 heavy (non-hydrogen) atoms. The van der Waals surface area contributed by atoms with Gasteiger partial charge in [0.05, 0.1) is 5.69 Å². The summed E-state index contributed by atoms with van der Waals surface area (Å²) >= 11 is 0. The number of hydrogen-bond acceptors (Lipinski definition) is 2. The van der Waals surface area contributed by atoms with Gasteiger partial charge in [0.25, 0.3) is 0 Å². The molecule has 0 bridgehead atoms. The molecule has 0 radical (unpaired) electrons. The topological polar surface area (TPSA) is 38.9 Å². The molecule has 0 saturated heterocycles. The van der Waals surface area contributed by atoms with Crippen LogP contribution in [0.3, 0.4) is 0 Å². The van der Waals surface area contributed by atoms with E-state index < -0.39 is 0 Å². The van der Waals surface area contributed by atoms with Crippen molar-refractivity contribution in [1.29, 1.82) is 0 Å². The summed E-state index contributed by atoms with van der Waals surface area (Å²) in [6.07, 6.45) is 1.89. The van der Waals surface area contributed by atoms with Crippen LogP contribution >= 0.6 is 0 Å². The predicted octanol–water partition coefficient (Wildman–Crippen LogP) is 3.48. The Hall–Kier alpha value is -2.35. The van der Waals surface area contributed by atoms with Gasteiger partial charge in [0, 0.05) is 22.8 Å². The van der Waals surface area contributed by atoms with E-state index in [1.807, 2.05) is 42.6 Å². The SMILES string of the molecule is Nc1ccccc1-c1cc2ccccc2cn1. The molecule has 2 aromatic carbocycles. The molecule has 0 aliphatic rings. The Kier molecular flexibility index (Phi) is 2.26. The third-order valence-electron chi connectivity index (χ3n) is 2.87. The highest BCUT2D eigenvalue weighted by Gasteiger charge is 2.03. The molecular formula is C15H12N2. The van der Waals surface area contributed by atoms with Gasteiger partial charge in [-0.05, 0) is 17.5 Å². The summed E-state index contributed by atoms with van der Waals surface area (Å²) < 4.78 is 0. The molecule has 0 amide bonds. The molecule has 3 rings (SSSR count). The number of fused-ring (bicyclic) bond motifs is 1. The Morgan fingerprint density at radius 3 is 2.35 bits per heavy atom. The van der Waals surface area contributed by atoms with E-state index in [2.05, 4.69) is 23.2 Å². The minimum atomic E-state index is 0.760. The summed E-state index contributed by atoms with van der Waals surface area (Å²) in [6.45, 7) is 0. The van der Waals surface area contributed by atoms with E-state index in [1.54, 1.807) is 0 Å². The maximum absolute atomic E-state index is 5.96. The first-order chi connectivity index (χ1) is 8.34. The van der Waals surface area contributed by atoms with Gasteiger partial charge in [0.2, 0.25) is 0 Å². The summed E-state index contributed by atoms with van der Waals surface area (Å²) in [7, 11) is 0. The molecule has 0 aliphatic heterocycles. The maximum Gasteiger partial charge on any atom is 0.0729 e. The monoisotopic (exact) mass is 220 g/mol. The van der Waals surface area contributed by atoms with Crippen LogP contribution in [0.25, 0.3) is 22.0 Å². The Balaban J connectivity index is 2.22. The van der Waals surface area contributed by atoms with Crippen LogP contribution in [-0.2, 0) is 0 Å². The number of aromatic nitrogens is 1. The number of nitrogens with zero attached hydrogens (tertiary/aromatic N) is 1. The summed E-state index contributed by atoms with van der Waals surface area (Å²) in [5.74, 6) is 0. The first-order valence-electron chi connectivity index (χ1n) is 5.54.